The maximum absolute atomic E-state index is 12.4. The molecule has 1 aromatic carbocycles. The third-order valence-corrected chi connectivity index (χ3v) is 4.22. The van der Waals surface area contributed by atoms with Gasteiger partial charge < -0.3 is 20.2 Å². The van der Waals surface area contributed by atoms with Crippen LogP contribution in [0.2, 0.25) is 0 Å². The largest absolute Gasteiger partial charge is 0.494 e. The van der Waals surface area contributed by atoms with Crippen molar-refractivity contribution in [2.24, 2.45) is 5.73 Å². The fraction of sp³-hybridized carbons (Fsp3) is 0.294. The van der Waals surface area contributed by atoms with Gasteiger partial charge in [0.25, 0.3) is 5.91 Å². The number of methoxy groups -OCH3 is 1. The van der Waals surface area contributed by atoms with E-state index in [2.05, 4.69) is 20.8 Å². The molecule has 27 heavy (non-hydrogen) atoms. The minimum absolute atomic E-state index is 0. The van der Waals surface area contributed by atoms with E-state index in [1.54, 1.807) is 36.1 Å². The molecule has 1 amide bonds. The first-order valence-corrected chi connectivity index (χ1v) is 8.25. The van der Waals surface area contributed by atoms with Crippen LogP contribution in [0.3, 0.4) is 0 Å². The number of amides is 1. The minimum Gasteiger partial charge on any atom is -0.494 e. The average Bonchev–Trinajstić information content (AvgIpc) is 3.20. The molecule has 3 N–H and O–H groups in total. The lowest BCUT2D eigenvalue weighted by molar-refractivity contribution is 0.102. The van der Waals surface area contributed by atoms with Crippen molar-refractivity contribution >= 4 is 24.0 Å². The van der Waals surface area contributed by atoms with Crippen LogP contribution < -0.4 is 15.8 Å². The molecule has 4 rings (SSSR count). The minimum atomic E-state index is -0.288. The number of anilines is 1. The second-order valence-corrected chi connectivity index (χ2v) is 6.07. The van der Waals surface area contributed by atoms with Crippen LogP contribution in [-0.2, 0) is 6.54 Å². The summed E-state index contributed by atoms with van der Waals surface area (Å²) in [5, 5.41) is 14.8. The number of rotatable bonds is 6. The van der Waals surface area contributed by atoms with Crippen LogP contribution in [0.15, 0.2) is 34.9 Å². The topological polar surface area (TPSA) is 121 Å². The van der Waals surface area contributed by atoms with Gasteiger partial charge >= 0.3 is 0 Å². The van der Waals surface area contributed by atoms with Gasteiger partial charge in [0.05, 0.1) is 19.2 Å². The fourth-order valence-corrected chi connectivity index (χ4v) is 2.70. The number of carbonyl (C=O) groups is 1. The van der Waals surface area contributed by atoms with Crippen molar-refractivity contribution in [3.8, 4) is 11.4 Å². The molecule has 1 aliphatic carbocycles. The van der Waals surface area contributed by atoms with E-state index in [4.69, 9.17) is 14.9 Å². The summed E-state index contributed by atoms with van der Waals surface area (Å²) in [7, 11) is 1.58. The first-order valence-electron chi connectivity index (χ1n) is 8.25. The maximum atomic E-state index is 12.4. The van der Waals surface area contributed by atoms with Gasteiger partial charge in [0, 0.05) is 11.6 Å². The van der Waals surface area contributed by atoms with Crippen LogP contribution in [0.5, 0.6) is 5.75 Å². The van der Waals surface area contributed by atoms with Gasteiger partial charge in [-0.05, 0) is 47.5 Å². The number of aromatic nitrogens is 4. The van der Waals surface area contributed by atoms with Crippen LogP contribution in [0, 0.1) is 0 Å². The van der Waals surface area contributed by atoms with Crippen LogP contribution in [-0.4, -0.2) is 33.2 Å². The molecule has 0 bridgehead atoms. The van der Waals surface area contributed by atoms with E-state index in [1.165, 1.54) is 6.26 Å². The predicted molar refractivity (Wildman–Crippen MR) is 99.5 cm³/mol. The van der Waals surface area contributed by atoms with Crippen molar-refractivity contribution in [1.29, 1.82) is 0 Å². The standard InChI is InChI=1S/C17H18N6O3.ClH/c1-25-15-5-4-12(19-17(24)11-6-13(8-18)26-9-11)7-14(15)23-16(10-2-3-10)20-21-22-23;/h4-7,9-10H,2-3,8,18H2,1H3,(H,19,24);1H. The highest BCUT2D eigenvalue weighted by Crippen LogP contribution is 2.40. The molecular weight excluding hydrogens is 372 g/mol. The number of hydrogen-bond donors (Lipinski definition) is 2. The van der Waals surface area contributed by atoms with Crippen molar-refractivity contribution in [1.82, 2.24) is 20.2 Å². The Bertz CT molecular complexity index is 950. The molecule has 0 radical (unpaired) electrons. The summed E-state index contributed by atoms with van der Waals surface area (Å²) in [6, 6.07) is 6.92. The molecule has 2 heterocycles. The highest BCUT2D eigenvalue weighted by molar-refractivity contribution is 6.04. The lowest BCUT2D eigenvalue weighted by atomic mass is 10.2. The Hall–Kier alpha value is -2.91. The van der Waals surface area contributed by atoms with E-state index in [1.807, 2.05) is 0 Å². The summed E-state index contributed by atoms with van der Waals surface area (Å²) >= 11 is 0. The molecule has 3 aromatic rings. The molecule has 1 saturated carbocycles. The van der Waals surface area contributed by atoms with Crippen LogP contribution in [0.1, 0.15) is 40.7 Å². The molecule has 0 atom stereocenters. The number of carbonyl (C=O) groups excluding carboxylic acids is 1. The number of tetrazole rings is 1. The zero-order valence-electron chi connectivity index (χ0n) is 14.6. The Balaban J connectivity index is 0.00000210. The Morgan fingerprint density at radius 1 is 1.41 bits per heavy atom. The van der Waals surface area contributed by atoms with E-state index in [0.29, 0.717) is 34.4 Å². The second kappa shape index (κ2) is 7.77. The molecule has 1 aliphatic rings. The Morgan fingerprint density at radius 3 is 2.89 bits per heavy atom. The number of nitrogens with one attached hydrogen (secondary N) is 1. The lowest BCUT2D eigenvalue weighted by Crippen LogP contribution is -2.12. The van der Waals surface area contributed by atoms with E-state index in [0.717, 1.165) is 18.7 Å². The molecule has 0 unspecified atom stereocenters. The SMILES string of the molecule is COc1ccc(NC(=O)c2coc(CN)c2)cc1-n1nnnc1C1CC1.Cl. The van der Waals surface area contributed by atoms with Crippen molar-refractivity contribution in [2.75, 3.05) is 12.4 Å². The molecule has 9 nitrogen and oxygen atoms in total. The molecular formula is C17H19ClN6O3. The van der Waals surface area contributed by atoms with Crippen molar-refractivity contribution in [2.45, 2.75) is 25.3 Å². The molecule has 0 saturated heterocycles. The van der Waals surface area contributed by atoms with Gasteiger partial charge in [-0.2, -0.15) is 4.68 Å². The first-order chi connectivity index (χ1) is 12.7. The number of furan rings is 1. The third-order valence-electron chi connectivity index (χ3n) is 4.22. The molecule has 2 aromatic heterocycles. The summed E-state index contributed by atoms with van der Waals surface area (Å²) in [4.78, 5) is 12.4. The van der Waals surface area contributed by atoms with Gasteiger partial charge in [0.15, 0.2) is 5.82 Å². The quantitative estimate of drug-likeness (QED) is 0.662. The molecule has 142 valence electrons. The van der Waals surface area contributed by atoms with E-state index < -0.39 is 0 Å². The van der Waals surface area contributed by atoms with E-state index in [-0.39, 0.29) is 24.9 Å². The Morgan fingerprint density at radius 2 is 2.22 bits per heavy atom. The Kier molecular flexibility index (Phi) is 5.43. The summed E-state index contributed by atoms with van der Waals surface area (Å²) in [5.41, 5.74) is 7.18. The van der Waals surface area contributed by atoms with Crippen molar-refractivity contribution in [3.05, 3.63) is 47.7 Å². The number of nitrogens with two attached hydrogens (primary N) is 1. The lowest BCUT2D eigenvalue weighted by Gasteiger charge is -2.12. The monoisotopic (exact) mass is 390 g/mol. The predicted octanol–water partition coefficient (Wildman–Crippen LogP) is 2.27. The number of hydrogen-bond acceptors (Lipinski definition) is 7. The van der Waals surface area contributed by atoms with E-state index in [9.17, 15) is 4.79 Å². The molecule has 10 heteroatoms. The van der Waals surface area contributed by atoms with Gasteiger partial charge in [-0.25, -0.2) is 0 Å². The van der Waals surface area contributed by atoms with Crippen molar-refractivity contribution < 1.29 is 13.9 Å². The fourth-order valence-electron chi connectivity index (χ4n) is 2.70. The van der Waals surface area contributed by atoms with E-state index >= 15 is 0 Å². The van der Waals surface area contributed by atoms with Crippen molar-refractivity contribution in [3.63, 3.8) is 0 Å². The van der Waals surface area contributed by atoms with Gasteiger partial charge in [-0.15, -0.1) is 17.5 Å². The first kappa shape index (κ1) is 18.9. The molecule has 0 spiro atoms. The summed E-state index contributed by atoms with van der Waals surface area (Å²) < 4.78 is 12.3. The second-order valence-electron chi connectivity index (χ2n) is 6.07. The highest BCUT2D eigenvalue weighted by Gasteiger charge is 2.30. The molecule has 0 aliphatic heterocycles. The number of ether oxygens (including phenoxy) is 1. The van der Waals surface area contributed by atoms with Gasteiger partial charge in [-0.3, -0.25) is 4.79 Å². The molecule has 1 fully saturated rings. The summed E-state index contributed by atoms with van der Waals surface area (Å²) in [6.45, 7) is 0.239. The normalized spacial score (nSPS) is 13.1. The number of nitrogens with zero attached hydrogens (tertiary/aromatic N) is 4. The average molecular weight is 391 g/mol. The maximum Gasteiger partial charge on any atom is 0.258 e. The van der Waals surface area contributed by atoms with Crippen LogP contribution in [0.4, 0.5) is 5.69 Å². The zero-order valence-corrected chi connectivity index (χ0v) is 15.4. The highest BCUT2D eigenvalue weighted by atomic mass is 35.5. The van der Waals surface area contributed by atoms with Crippen LogP contribution >= 0.6 is 12.4 Å². The Labute approximate surface area is 161 Å². The zero-order chi connectivity index (χ0) is 18.1. The third kappa shape index (κ3) is 3.79. The number of halogens is 1. The smallest absolute Gasteiger partial charge is 0.258 e. The summed E-state index contributed by atoms with van der Waals surface area (Å²) in [6.07, 6.45) is 3.53. The summed E-state index contributed by atoms with van der Waals surface area (Å²) in [5.74, 6) is 2.05. The van der Waals surface area contributed by atoms with Gasteiger partial charge in [-0.1, -0.05) is 0 Å². The number of benzene rings is 1. The van der Waals surface area contributed by atoms with Gasteiger partial charge in [0.1, 0.15) is 23.5 Å². The van der Waals surface area contributed by atoms with Gasteiger partial charge in [0.2, 0.25) is 0 Å². The van der Waals surface area contributed by atoms with Crippen LogP contribution in [0.25, 0.3) is 5.69 Å².